The zero-order valence-electron chi connectivity index (χ0n) is 7.17. The van der Waals surface area contributed by atoms with Crippen molar-refractivity contribution in [3.05, 3.63) is 11.6 Å². The fourth-order valence-electron chi connectivity index (χ4n) is 0.805. The Labute approximate surface area is 71.6 Å². The quantitative estimate of drug-likeness (QED) is 0.572. The maximum Gasteiger partial charge on any atom is 0.244 e. The lowest BCUT2D eigenvalue weighted by Crippen LogP contribution is -2.17. The van der Waals surface area contributed by atoms with Gasteiger partial charge in [0, 0.05) is 11.6 Å². The molecule has 0 saturated carbocycles. The van der Waals surface area contributed by atoms with E-state index in [1.54, 1.807) is 0 Å². The Bertz CT molecular complexity index is 209. The van der Waals surface area contributed by atoms with Crippen molar-refractivity contribution in [2.24, 2.45) is 11.5 Å². The Balaban J connectivity index is 4.23. The van der Waals surface area contributed by atoms with Crippen molar-refractivity contribution >= 4 is 11.8 Å². The van der Waals surface area contributed by atoms with Crippen LogP contribution in [0.2, 0.25) is 0 Å². The van der Waals surface area contributed by atoms with Crippen LogP contribution in [0.25, 0.3) is 0 Å². The summed E-state index contributed by atoms with van der Waals surface area (Å²) in [5.41, 5.74) is 10.2. The number of unbranched alkanes of at least 4 members (excludes halogenated alkanes) is 1. The molecule has 0 saturated heterocycles. The van der Waals surface area contributed by atoms with Gasteiger partial charge in [-0.05, 0) is 12.8 Å². The molecule has 0 fully saturated rings. The van der Waals surface area contributed by atoms with Gasteiger partial charge in [0.2, 0.25) is 11.8 Å². The topological polar surface area (TPSA) is 86.2 Å². The highest BCUT2D eigenvalue weighted by molar-refractivity contribution is 5.99. The molecule has 12 heavy (non-hydrogen) atoms. The molecule has 0 rings (SSSR count). The summed E-state index contributed by atoms with van der Waals surface area (Å²) < 4.78 is 0. The molecule has 0 aromatic carbocycles. The number of hydrogen-bond donors (Lipinski definition) is 2. The third-order valence-corrected chi connectivity index (χ3v) is 1.43. The number of rotatable bonds is 5. The number of nitrogens with two attached hydrogens (primary N) is 2. The first kappa shape index (κ1) is 10.7. The summed E-state index contributed by atoms with van der Waals surface area (Å²) in [5.74, 6) is -1.19. The van der Waals surface area contributed by atoms with Crippen molar-refractivity contribution in [2.45, 2.75) is 26.2 Å². The molecular formula is C8H14N2O2. The van der Waals surface area contributed by atoms with Gasteiger partial charge in [0.25, 0.3) is 0 Å². The SMILES string of the molecule is CCCC/C(=C/C(N)=O)C(N)=O. The van der Waals surface area contributed by atoms with E-state index in [1.165, 1.54) is 0 Å². The summed E-state index contributed by atoms with van der Waals surface area (Å²) in [6, 6.07) is 0. The summed E-state index contributed by atoms with van der Waals surface area (Å²) in [6.45, 7) is 1.99. The molecule has 4 N–H and O–H groups in total. The molecule has 4 nitrogen and oxygen atoms in total. The number of amides is 2. The average molecular weight is 170 g/mol. The Hall–Kier alpha value is -1.32. The lowest BCUT2D eigenvalue weighted by molar-refractivity contribution is -0.116. The van der Waals surface area contributed by atoms with Crippen LogP contribution in [0.5, 0.6) is 0 Å². The van der Waals surface area contributed by atoms with Gasteiger partial charge in [-0.3, -0.25) is 9.59 Å². The molecule has 0 spiro atoms. The third-order valence-electron chi connectivity index (χ3n) is 1.43. The minimum Gasteiger partial charge on any atom is -0.366 e. The summed E-state index contributed by atoms with van der Waals surface area (Å²) in [6.07, 6.45) is 3.40. The molecule has 0 aromatic heterocycles. The number of hydrogen-bond acceptors (Lipinski definition) is 2. The molecular weight excluding hydrogens is 156 g/mol. The zero-order valence-corrected chi connectivity index (χ0v) is 7.17. The van der Waals surface area contributed by atoms with E-state index >= 15 is 0 Å². The molecule has 0 heterocycles. The summed E-state index contributed by atoms with van der Waals surface area (Å²) >= 11 is 0. The minimum absolute atomic E-state index is 0.310. The van der Waals surface area contributed by atoms with Gasteiger partial charge in [0.15, 0.2) is 0 Å². The number of carbonyl (C=O) groups excluding carboxylic acids is 2. The van der Waals surface area contributed by atoms with Gasteiger partial charge in [0.05, 0.1) is 0 Å². The van der Waals surface area contributed by atoms with Crippen LogP contribution < -0.4 is 11.5 Å². The molecule has 0 bridgehead atoms. The zero-order chi connectivity index (χ0) is 9.56. The van der Waals surface area contributed by atoms with Crippen molar-refractivity contribution in [1.82, 2.24) is 0 Å². The van der Waals surface area contributed by atoms with Crippen LogP contribution >= 0.6 is 0 Å². The van der Waals surface area contributed by atoms with E-state index in [1.807, 2.05) is 6.92 Å². The van der Waals surface area contributed by atoms with Gasteiger partial charge in [-0.1, -0.05) is 13.3 Å². The molecule has 4 heteroatoms. The lowest BCUT2D eigenvalue weighted by Gasteiger charge is -1.99. The van der Waals surface area contributed by atoms with Gasteiger partial charge in [-0.15, -0.1) is 0 Å². The highest BCUT2D eigenvalue weighted by Crippen LogP contribution is 2.05. The van der Waals surface area contributed by atoms with Crippen LogP contribution in [0.4, 0.5) is 0 Å². The smallest absolute Gasteiger partial charge is 0.244 e. The molecule has 0 radical (unpaired) electrons. The van der Waals surface area contributed by atoms with Crippen molar-refractivity contribution in [2.75, 3.05) is 0 Å². The molecule has 0 atom stereocenters. The number of carbonyl (C=O) groups is 2. The van der Waals surface area contributed by atoms with Crippen LogP contribution in [0.3, 0.4) is 0 Å². The summed E-state index contributed by atoms with van der Waals surface area (Å²) in [7, 11) is 0. The van der Waals surface area contributed by atoms with Gasteiger partial charge in [0.1, 0.15) is 0 Å². The van der Waals surface area contributed by atoms with Gasteiger partial charge >= 0.3 is 0 Å². The van der Waals surface area contributed by atoms with Crippen LogP contribution in [0.15, 0.2) is 11.6 Å². The van der Waals surface area contributed by atoms with Crippen molar-refractivity contribution in [1.29, 1.82) is 0 Å². The van der Waals surface area contributed by atoms with Crippen molar-refractivity contribution in [3.63, 3.8) is 0 Å². The summed E-state index contributed by atoms with van der Waals surface area (Å²) in [5, 5.41) is 0. The standard InChI is InChI=1S/C8H14N2O2/c1-2-3-4-6(8(10)12)5-7(9)11/h5H,2-4H2,1H3,(H2,9,11)(H2,10,12)/b6-5-. The predicted molar refractivity (Wildman–Crippen MR) is 46.0 cm³/mol. The van der Waals surface area contributed by atoms with Gasteiger partial charge in [-0.25, -0.2) is 0 Å². The van der Waals surface area contributed by atoms with Crippen molar-refractivity contribution in [3.8, 4) is 0 Å². The van der Waals surface area contributed by atoms with Crippen LogP contribution in [-0.4, -0.2) is 11.8 Å². The van der Waals surface area contributed by atoms with Gasteiger partial charge < -0.3 is 11.5 Å². The average Bonchev–Trinajstić information content (AvgIpc) is 1.96. The van der Waals surface area contributed by atoms with Crippen LogP contribution in [0.1, 0.15) is 26.2 Å². The molecule has 0 aliphatic carbocycles. The predicted octanol–water partition coefficient (Wildman–Crippen LogP) is 0.0736. The first-order chi connectivity index (χ1) is 5.57. The van der Waals surface area contributed by atoms with Crippen molar-refractivity contribution < 1.29 is 9.59 Å². The Morgan fingerprint density at radius 2 is 1.92 bits per heavy atom. The molecule has 0 aliphatic heterocycles. The third kappa shape index (κ3) is 4.49. The molecule has 68 valence electrons. The Morgan fingerprint density at radius 3 is 2.25 bits per heavy atom. The Morgan fingerprint density at radius 1 is 1.33 bits per heavy atom. The maximum absolute atomic E-state index is 10.7. The summed E-state index contributed by atoms with van der Waals surface area (Å²) in [4.78, 5) is 21.1. The van der Waals surface area contributed by atoms with E-state index in [0.717, 1.165) is 18.9 Å². The van der Waals surface area contributed by atoms with E-state index < -0.39 is 11.8 Å². The minimum atomic E-state index is -0.625. The first-order valence-electron chi connectivity index (χ1n) is 3.87. The van der Waals surface area contributed by atoms with E-state index in [2.05, 4.69) is 0 Å². The lowest BCUT2D eigenvalue weighted by atomic mass is 10.1. The number of primary amides is 2. The van der Waals surface area contributed by atoms with Crippen LogP contribution in [-0.2, 0) is 9.59 Å². The maximum atomic E-state index is 10.7. The van der Waals surface area contributed by atoms with E-state index in [-0.39, 0.29) is 0 Å². The van der Waals surface area contributed by atoms with E-state index in [9.17, 15) is 9.59 Å². The molecule has 0 aromatic rings. The molecule has 0 unspecified atom stereocenters. The normalized spacial score (nSPS) is 11.2. The highest BCUT2D eigenvalue weighted by atomic mass is 16.1. The monoisotopic (exact) mass is 170 g/mol. The largest absolute Gasteiger partial charge is 0.366 e. The molecule has 2 amide bonds. The fraction of sp³-hybridized carbons (Fsp3) is 0.500. The van der Waals surface area contributed by atoms with E-state index in [0.29, 0.717) is 12.0 Å². The fourth-order valence-corrected chi connectivity index (χ4v) is 0.805. The second-order valence-electron chi connectivity index (χ2n) is 2.54. The highest BCUT2D eigenvalue weighted by Gasteiger charge is 2.04. The second kappa shape index (κ2) is 5.35. The van der Waals surface area contributed by atoms with Crippen LogP contribution in [0, 0.1) is 0 Å². The van der Waals surface area contributed by atoms with E-state index in [4.69, 9.17) is 11.5 Å². The molecule has 0 aliphatic rings. The second-order valence-corrected chi connectivity index (χ2v) is 2.54. The van der Waals surface area contributed by atoms with Gasteiger partial charge in [-0.2, -0.15) is 0 Å². The Kier molecular flexibility index (Phi) is 4.76. The first-order valence-corrected chi connectivity index (χ1v) is 3.87.